The monoisotopic (exact) mass is 262 g/mol. The summed E-state index contributed by atoms with van der Waals surface area (Å²) in [4.78, 5) is 0. The summed E-state index contributed by atoms with van der Waals surface area (Å²) in [6.07, 6.45) is 3.96. The summed E-state index contributed by atoms with van der Waals surface area (Å²) >= 11 is 0. The lowest BCUT2D eigenvalue weighted by molar-refractivity contribution is 0.00121. The zero-order valence-electron chi connectivity index (χ0n) is 12.6. The highest BCUT2D eigenvalue weighted by Gasteiger charge is 2.32. The fourth-order valence-corrected chi connectivity index (χ4v) is 2.67. The molecule has 0 saturated heterocycles. The molecule has 1 N–H and O–H groups in total. The van der Waals surface area contributed by atoms with Crippen molar-refractivity contribution >= 4 is 0 Å². The number of aliphatic hydroxyl groups is 1. The van der Waals surface area contributed by atoms with E-state index in [1.54, 1.807) is 0 Å². The van der Waals surface area contributed by atoms with Crippen LogP contribution in [0.2, 0.25) is 0 Å². The molecule has 2 heteroatoms. The molecule has 0 radical (unpaired) electrons. The molecular weight excluding hydrogens is 236 g/mol. The average molecular weight is 262 g/mol. The molecule has 2 rings (SSSR count). The third kappa shape index (κ3) is 3.50. The molecule has 106 valence electrons. The topological polar surface area (TPSA) is 29.5 Å². The van der Waals surface area contributed by atoms with E-state index in [-0.39, 0.29) is 5.41 Å². The first-order valence-electron chi connectivity index (χ1n) is 7.27. The Balaban J connectivity index is 2.05. The molecule has 1 fully saturated rings. The van der Waals surface area contributed by atoms with Crippen molar-refractivity contribution in [3.05, 3.63) is 29.3 Å². The van der Waals surface area contributed by atoms with E-state index in [0.29, 0.717) is 6.61 Å². The molecule has 0 bridgehead atoms. The maximum atomic E-state index is 10.3. The predicted molar refractivity (Wildman–Crippen MR) is 78.8 cm³/mol. The molecule has 1 saturated carbocycles. The molecule has 1 aromatic rings. The second kappa shape index (κ2) is 5.16. The molecule has 1 aromatic carbocycles. The van der Waals surface area contributed by atoms with Crippen molar-refractivity contribution in [2.75, 3.05) is 6.61 Å². The van der Waals surface area contributed by atoms with Gasteiger partial charge in [0.1, 0.15) is 12.4 Å². The smallest absolute Gasteiger partial charge is 0.122 e. The van der Waals surface area contributed by atoms with Gasteiger partial charge < -0.3 is 9.84 Å². The maximum Gasteiger partial charge on any atom is 0.122 e. The standard InChI is InChI=1S/C17H26O2/c1-13-11-14(16(2,3)4)7-8-15(13)19-12-17(18)9-5-6-10-17/h7-8,11,18H,5-6,9-10,12H2,1-4H3. The first-order chi connectivity index (χ1) is 8.80. The van der Waals surface area contributed by atoms with Crippen molar-refractivity contribution in [1.82, 2.24) is 0 Å². The normalized spacial score (nSPS) is 18.6. The van der Waals surface area contributed by atoms with Crippen LogP contribution in [0.3, 0.4) is 0 Å². The molecule has 0 aliphatic heterocycles. The highest BCUT2D eigenvalue weighted by atomic mass is 16.5. The number of ether oxygens (including phenoxy) is 1. The fraction of sp³-hybridized carbons (Fsp3) is 0.647. The second-order valence-corrected chi connectivity index (χ2v) is 6.95. The Morgan fingerprint density at radius 3 is 2.37 bits per heavy atom. The van der Waals surface area contributed by atoms with E-state index in [4.69, 9.17) is 4.74 Å². The summed E-state index contributed by atoms with van der Waals surface area (Å²) in [6.45, 7) is 9.13. The lowest BCUT2D eigenvalue weighted by Crippen LogP contribution is -2.32. The fourth-order valence-electron chi connectivity index (χ4n) is 2.67. The van der Waals surface area contributed by atoms with Gasteiger partial charge in [0.15, 0.2) is 0 Å². The lowest BCUT2D eigenvalue weighted by Gasteiger charge is -2.24. The van der Waals surface area contributed by atoms with Crippen LogP contribution in [0.25, 0.3) is 0 Å². The van der Waals surface area contributed by atoms with Crippen LogP contribution in [0.5, 0.6) is 5.75 Å². The van der Waals surface area contributed by atoms with Crippen LogP contribution in [0, 0.1) is 6.92 Å². The molecule has 0 amide bonds. The summed E-state index contributed by atoms with van der Waals surface area (Å²) < 4.78 is 5.84. The van der Waals surface area contributed by atoms with E-state index in [1.807, 2.05) is 6.07 Å². The molecule has 0 aromatic heterocycles. The minimum atomic E-state index is -0.602. The van der Waals surface area contributed by atoms with Crippen LogP contribution in [-0.2, 0) is 5.41 Å². The van der Waals surface area contributed by atoms with Gasteiger partial charge in [0.2, 0.25) is 0 Å². The highest BCUT2D eigenvalue weighted by molar-refractivity contribution is 5.38. The van der Waals surface area contributed by atoms with Gasteiger partial charge in [0.05, 0.1) is 5.60 Å². The van der Waals surface area contributed by atoms with Gasteiger partial charge in [-0.2, -0.15) is 0 Å². The summed E-state index contributed by atoms with van der Waals surface area (Å²) in [5, 5.41) is 10.3. The van der Waals surface area contributed by atoms with Gasteiger partial charge in [0.25, 0.3) is 0 Å². The average Bonchev–Trinajstić information content (AvgIpc) is 2.74. The van der Waals surface area contributed by atoms with Crippen molar-refractivity contribution in [1.29, 1.82) is 0 Å². The Morgan fingerprint density at radius 2 is 1.84 bits per heavy atom. The largest absolute Gasteiger partial charge is 0.490 e. The van der Waals surface area contributed by atoms with Crippen molar-refractivity contribution in [2.24, 2.45) is 0 Å². The van der Waals surface area contributed by atoms with Crippen LogP contribution < -0.4 is 4.74 Å². The first kappa shape index (κ1) is 14.4. The molecule has 0 unspecified atom stereocenters. The number of hydrogen-bond acceptors (Lipinski definition) is 2. The second-order valence-electron chi connectivity index (χ2n) is 6.95. The lowest BCUT2D eigenvalue weighted by atomic mass is 9.86. The Morgan fingerprint density at radius 1 is 1.21 bits per heavy atom. The van der Waals surface area contributed by atoms with Crippen molar-refractivity contribution in [3.8, 4) is 5.75 Å². The quantitative estimate of drug-likeness (QED) is 0.893. The third-order valence-electron chi connectivity index (χ3n) is 4.07. The molecule has 2 nitrogen and oxygen atoms in total. The molecule has 1 aliphatic carbocycles. The van der Waals surface area contributed by atoms with E-state index in [2.05, 4.69) is 39.8 Å². The number of hydrogen-bond donors (Lipinski definition) is 1. The minimum absolute atomic E-state index is 0.160. The Kier molecular flexibility index (Phi) is 3.91. The van der Waals surface area contributed by atoms with Crippen LogP contribution in [0.15, 0.2) is 18.2 Å². The van der Waals surface area contributed by atoms with Gasteiger partial charge in [0, 0.05) is 0 Å². The summed E-state index contributed by atoms with van der Waals surface area (Å²) in [5.41, 5.74) is 2.02. The summed E-state index contributed by atoms with van der Waals surface area (Å²) in [7, 11) is 0. The van der Waals surface area contributed by atoms with Gasteiger partial charge in [-0.05, 0) is 42.4 Å². The van der Waals surface area contributed by atoms with Gasteiger partial charge in [-0.3, -0.25) is 0 Å². The molecule has 19 heavy (non-hydrogen) atoms. The van der Waals surface area contributed by atoms with Crippen molar-refractivity contribution < 1.29 is 9.84 Å². The molecule has 1 aliphatic rings. The maximum absolute atomic E-state index is 10.3. The van der Waals surface area contributed by atoms with Crippen LogP contribution >= 0.6 is 0 Å². The Labute approximate surface area is 116 Å². The minimum Gasteiger partial charge on any atom is -0.490 e. The van der Waals surface area contributed by atoms with Crippen LogP contribution in [0.4, 0.5) is 0 Å². The van der Waals surface area contributed by atoms with E-state index < -0.39 is 5.60 Å². The highest BCUT2D eigenvalue weighted by Crippen LogP contribution is 2.32. The molecule has 0 spiro atoms. The predicted octanol–water partition coefficient (Wildman–Crippen LogP) is 3.98. The van der Waals surface area contributed by atoms with E-state index in [0.717, 1.165) is 37.0 Å². The van der Waals surface area contributed by atoms with E-state index in [9.17, 15) is 5.11 Å². The van der Waals surface area contributed by atoms with Gasteiger partial charge in [-0.15, -0.1) is 0 Å². The zero-order valence-corrected chi connectivity index (χ0v) is 12.6. The number of benzene rings is 1. The van der Waals surface area contributed by atoms with Crippen molar-refractivity contribution in [2.45, 2.75) is 64.4 Å². The van der Waals surface area contributed by atoms with Crippen molar-refractivity contribution in [3.63, 3.8) is 0 Å². The van der Waals surface area contributed by atoms with E-state index in [1.165, 1.54) is 5.56 Å². The Bertz CT molecular complexity index is 437. The summed E-state index contributed by atoms with van der Waals surface area (Å²) in [6, 6.07) is 6.35. The summed E-state index contributed by atoms with van der Waals surface area (Å²) in [5.74, 6) is 0.897. The third-order valence-corrected chi connectivity index (χ3v) is 4.07. The SMILES string of the molecule is Cc1cc(C(C)(C)C)ccc1OCC1(O)CCCC1. The molecule has 0 atom stereocenters. The molecule has 0 heterocycles. The van der Waals surface area contributed by atoms with Gasteiger partial charge >= 0.3 is 0 Å². The number of aryl methyl sites for hydroxylation is 1. The first-order valence-corrected chi connectivity index (χ1v) is 7.27. The Hall–Kier alpha value is -1.02. The van der Waals surface area contributed by atoms with Gasteiger partial charge in [-0.25, -0.2) is 0 Å². The molecular formula is C17H26O2. The van der Waals surface area contributed by atoms with Gasteiger partial charge in [-0.1, -0.05) is 45.7 Å². The zero-order chi connectivity index (χ0) is 14.1. The van der Waals surface area contributed by atoms with Crippen LogP contribution in [-0.4, -0.2) is 17.3 Å². The van der Waals surface area contributed by atoms with Crippen LogP contribution in [0.1, 0.15) is 57.6 Å². The van der Waals surface area contributed by atoms with E-state index >= 15 is 0 Å². The number of rotatable bonds is 3.